The molecule has 0 aliphatic rings. The summed E-state index contributed by atoms with van der Waals surface area (Å²) >= 11 is 3.14. The number of ether oxygens (including phenoxy) is 1. The number of benzene rings is 1. The summed E-state index contributed by atoms with van der Waals surface area (Å²) in [6, 6.07) is 2.92. The van der Waals surface area contributed by atoms with Crippen LogP contribution >= 0.6 is 15.9 Å². The fourth-order valence-electron chi connectivity index (χ4n) is 1.17. The molecule has 0 spiro atoms. The Labute approximate surface area is 109 Å². The van der Waals surface area contributed by atoms with Crippen molar-refractivity contribution in [2.75, 3.05) is 0 Å². The van der Waals surface area contributed by atoms with Gasteiger partial charge in [-0.3, -0.25) is 10.1 Å². The van der Waals surface area contributed by atoms with E-state index in [9.17, 15) is 14.5 Å². The first-order valence-corrected chi connectivity index (χ1v) is 5.45. The van der Waals surface area contributed by atoms with Crippen molar-refractivity contribution in [1.29, 1.82) is 0 Å². The lowest BCUT2D eigenvalue weighted by atomic mass is 10.3. The number of nitro groups is 1. The highest BCUT2D eigenvalue weighted by molar-refractivity contribution is 9.10. The summed E-state index contributed by atoms with van der Waals surface area (Å²) in [5.41, 5.74) is -0.485. The summed E-state index contributed by atoms with van der Waals surface area (Å²) in [4.78, 5) is 17.6. The van der Waals surface area contributed by atoms with Gasteiger partial charge in [0.25, 0.3) is 0 Å². The molecule has 18 heavy (non-hydrogen) atoms. The second kappa shape index (κ2) is 5.05. The van der Waals surface area contributed by atoms with Gasteiger partial charge in [-0.25, -0.2) is 14.4 Å². The van der Waals surface area contributed by atoms with Crippen LogP contribution in [0.25, 0.3) is 0 Å². The molecule has 0 N–H and O–H groups in total. The Balaban J connectivity index is 2.34. The molecule has 0 atom stereocenters. The quantitative estimate of drug-likeness (QED) is 0.642. The van der Waals surface area contributed by atoms with Crippen molar-refractivity contribution in [1.82, 2.24) is 9.97 Å². The molecule has 92 valence electrons. The van der Waals surface area contributed by atoms with E-state index < -0.39 is 16.4 Å². The van der Waals surface area contributed by atoms with E-state index in [0.717, 1.165) is 18.2 Å². The molecule has 6 nitrogen and oxygen atoms in total. The maximum absolute atomic E-state index is 12.9. The molecule has 1 heterocycles. The first-order valence-electron chi connectivity index (χ1n) is 4.65. The summed E-state index contributed by atoms with van der Waals surface area (Å²) in [6.07, 6.45) is 2.86. The predicted octanol–water partition coefficient (Wildman–Crippen LogP) is 3.08. The molecule has 2 aromatic rings. The predicted molar refractivity (Wildman–Crippen MR) is 62.9 cm³/mol. The maximum Gasteiger partial charge on any atom is 0.322 e. The molecule has 0 amide bonds. The van der Waals surface area contributed by atoms with E-state index >= 15 is 0 Å². The van der Waals surface area contributed by atoms with Crippen molar-refractivity contribution in [2.45, 2.75) is 0 Å². The van der Waals surface area contributed by atoms with Crippen LogP contribution in [-0.2, 0) is 0 Å². The summed E-state index contributed by atoms with van der Waals surface area (Å²) in [7, 11) is 0. The smallest absolute Gasteiger partial charge is 0.322 e. The molecule has 2 rings (SSSR count). The molecule has 0 saturated carbocycles. The lowest BCUT2D eigenvalue weighted by Gasteiger charge is -2.04. The Morgan fingerprint density at radius 1 is 1.33 bits per heavy atom. The number of hydrogen-bond acceptors (Lipinski definition) is 5. The molecule has 1 aromatic heterocycles. The Kier molecular flexibility index (Phi) is 3.47. The van der Waals surface area contributed by atoms with Gasteiger partial charge in [0.05, 0.1) is 15.5 Å². The van der Waals surface area contributed by atoms with Crippen LogP contribution in [0.5, 0.6) is 11.8 Å². The van der Waals surface area contributed by atoms with Crippen LogP contribution in [0.1, 0.15) is 0 Å². The summed E-state index contributed by atoms with van der Waals surface area (Å²) in [6.45, 7) is 0. The average molecular weight is 314 g/mol. The van der Waals surface area contributed by atoms with Crippen molar-refractivity contribution < 1.29 is 14.1 Å². The standard InChI is InChI=1S/C10H5BrFN3O3/c11-6-4-13-10(14-5-6)18-9-2-1-7(12)3-8(9)15(16)17/h1-5H. The molecule has 0 saturated heterocycles. The van der Waals surface area contributed by atoms with E-state index in [-0.39, 0.29) is 11.8 Å². The zero-order valence-corrected chi connectivity index (χ0v) is 10.3. The maximum atomic E-state index is 12.9. The minimum Gasteiger partial charge on any atom is -0.417 e. The van der Waals surface area contributed by atoms with E-state index in [1.807, 2.05) is 0 Å². The Hall–Kier alpha value is -2.09. The fourth-order valence-corrected chi connectivity index (χ4v) is 1.38. The molecule has 0 aliphatic carbocycles. The van der Waals surface area contributed by atoms with Crippen molar-refractivity contribution in [2.24, 2.45) is 0 Å². The van der Waals surface area contributed by atoms with E-state index in [1.165, 1.54) is 12.4 Å². The highest BCUT2D eigenvalue weighted by Crippen LogP contribution is 2.30. The van der Waals surface area contributed by atoms with Gasteiger partial charge >= 0.3 is 11.7 Å². The molecule has 0 bridgehead atoms. The molecular formula is C10H5BrFN3O3. The zero-order chi connectivity index (χ0) is 13.1. The van der Waals surface area contributed by atoms with Crippen molar-refractivity contribution in [3.63, 3.8) is 0 Å². The van der Waals surface area contributed by atoms with Crippen LogP contribution in [0.4, 0.5) is 10.1 Å². The van der Waals surface area contributed by atoms with Gasteiger partial charge in [-0.15, -0.1) is 0 Å². The Morgan fingerprint density at radius 2 is 2.00 bits per heavy atom. The van der Waals surface area contributed by atoms with Gasteiger partial charge in [0.1, 0.15) is 5.82 Å². The first kappa shape index (κ1) is 12.4. The zero-order valence-electron chi connectivity index (χ0n) is 8.71. The van der Waals surface area contributed by atoms with Gasteiger partial charge in [0.15, 0.2) is 0 Å². The van der Waals surface area contributed by atoms with E-state index in [0.29, 0.717) is 4.47 Å². The number of halogens is 2. The molecule has 1 aromatic carbocycles. The molecule has 0 fully saturated rings. The first-order chi connectivity index (χ1) is 8.56. The van der Waals surface area contributed by atoms with Crippen LogP contribution in [0.2, 0.25) is 0 Å². The van der Waals surface area contributed by atoms with Gasteiger partial charge in [-0.1, -0.05) is 0 Å². The van der Waals surface area contributed by atoms with E-state index in [1.54, 1.807) is 0 Å². The third kappa shape index (κ3) is 2.77. The normalized spacial score (nSPS) is 10.1. The van der Waals surface area contributed by atoms with Crippen LogP contribution in [0.3, 0.4) is 0 Å². The number of nitro benzene ring substituents is 1. The molecule has 0 aliphatic heterocycles. The third-order valence-electron chi connectivity index (χ3n) is 1.92. The highest BCUT2D eigenvalue weighted by atomic mass is 79.9. The van der Waals surface area contributed by atoms with Crippen molar-refractivity contribution >= 4 is 21.6 Å². The highest BCUT2D eigenvalue weighted by Gasteiger charge is 2.17. The lowest BCUT2D eigenvalue weighted by molar-refractivity contribution is -0.385. The topological polar surface area (TPSA) is 78.2 Å². The summed E-state index contributed by atoms with van der Waals surface area (Å²) in [5, 5.41) is 10.7. The van der Waals surface area contributed by atoms with E-state index in [2.05, 4.69) is 25.9 Å². The number of aromatic nitrogens is 2. The number of rotatable bonds is 3. The van der Waals surface area contributed by atoms with Crippen LogP contribution < -0.4 is 4.74 Å². The van der Waals surface area contributed by atoms with E-state index in [4.69, 9.17) is 4.74 Å². The van der Waals surface area contributed by atoms with Gasteiger partial charge in [0.2, 0.25) is 5.75 Å². The molecule has 8 heteroatoms. The molecular weight excluding hydrogens is 309 g/mol. The van der Waals surface area contributed by atoms with Crippen molar-refractivity contribution in [3.05, 3.63) is 51.0 Å². The SMILES string of the molecule is O=[N+]([O-])c1cc(F)ccc1Oc1ncc(Br)cn1. The summed E-state index contributed by atoms with van der Waals surface area (Å²) < 4.78 is 18.7. The van der Waals surface area contributed by atoms with Crippen LogP contribution in [-0.4, -0.2) is 14.9 Å². The van der Waals surface area contributed by atoms with Crippen LogP contribution in [0, 0.1) is 15.9 Å². The molecule has 0 radical (unpaired) electrons. The molecule has 0 unspecified atom stereocenters. The average Bonchev–Trinajstić information content (AvgIpc) is 2.34. The van der Waals surface area contributed by atoms with Gasteiger partial charge in [-0.2, -0.15) is 0 Å². The van der Waals surface area contributed by atoms with Crippen LogP contribution in [0.15, 0.2) is 35.1 Å². The van der Waals surface area contributed by atoms with Crippen molar-refractivity contribution in [3.8, 4) is 11.8 Å². The lowest BCUT2D eigenvalue weighted by Crippen LogP contribution is -1.96. The third-order valence-corrected chi connectivity index (χ3v) is 2.33. The fraction of sp³-hybridized carbons (Fsp3) is 0. The van der Waals surface area contributed by atoms with Gasteiger partial charge in [0, 0.05) is 12.4 Å². The largest absolute Gasteiger partial charge is 0.417 e. The van der Waals surface area contributed by atoms with Gasteiger partial charge in [-0.05, 0) is 28.1 Å². The second-order valence-electron chi connectivity index (χ2n) is 3.16. The van der Waals surface area contributed by atoms with Gasteiger partial charge < -0.3 is 4.74 Å². The summed E-state index contributed by atoms with van der Waals surface area (Å²) in [5.74, 6) is -0.838. The monoisotopic (exact) mass is 313 g/mol. The number of hydrogen-bond donors (Lipinski definition) is 0. The minimum atomic E-state index is -0.739. The minimum absolute atomic E-state index is 0.0621. The Bertz CT molecular complexity index is 591. The number of nitrogens with zero attached hydrogens (tertiary/aromatic N) is 3. The Morgan fingerprint density at radius 3 is 2.61 bits per heavy atom. The second-order valence-corrected chi connectivity index (χ2v) is 4.07.